The Morgan fingerprint density at radius 2 is 1.45 bits per heavy atom. The van der Waals surface area contributed by atoms with Crippen molar-refractivity contribution in [3.63, 3.8) is 0 Å². The second kappa shape index (κ2) is 19.7. The predicted molar refractivity (Wildman–Crippen MR) is 224 cm³/mol. The fourth-order valence-corrected chi connectivity index (χ4v) is 7.54. The number of carboxylic acids is 1. The second-order valence-corrected chi connectivity index (χ2v) is 14.9. The van der Waals surface area contributed by atoms with Crippen molar-refractivity contribution in [2.24, 2.45) is 0 Å². The first kappa shape index (κ1) is 41.4. The Bertz CT molecular complexity index is 2230. The highest BCUT2D eigenvalue weighted by atomic mass is 16.5. The normalized spacial score (nSPS) is 12.7. The standard InChI is InChI=1S/C46H51N5O7/c1-50(40(52)25-26-41(53)54)27-28-51(37-13-3-4-14-37)30-33-11-8-12-35(29-33)44(55)49-43-42(38-15-5-6-16-39(38)48-43)45(56)47-36-23-19-32(20-24-36)10-7-9-31-17-21-34(22-18-31)46(57)58-2/h5-6,8,11-12,15-24,29,37,48H,3-4,7,9-10,13-14,25-28,30H2,1-2H3,(H,47,56)(H,49,55)(H,53,54). The lowest BCUT2D eigenvalue weighted by Gasteiger charge is -2.31. The number of nitrogens with zero attached hydrogens (tertiary/aromatic N) is 2. The number of likely N-dealkylation sites (N-methyl/N-ethyl adjacent to an activating group) is 1. The molecular formula is C46H51N5O7. The number of hydrogen-bond acceptors (Lipinski definition) is 7. The number of ether oxygens (including phenoxy) is 1. The molecule has 58 heavy (non-hydrogen) atoms. The van der Waals surface area contributed by atoms with Crippen LogP contribution in [0.2, 0.25) is 0 Å². The number of aromatic amines is 1. The van der Waals surface area contributed by atoms with E-state index in [0.717, 1.165) is 61.6 Å². The van der Waals surface area contributed by atoms with Gasteiger partial charge < -0.3 is 30.4 Å². The van der Waals surface area contributed by atoms with Gasteiger partial charge in [0.15, 0.2) is 0 Å². The average molecular weight is 786 g/mol. The van der Waals surface area contributed by atoms with E-state index < -0.39 is 5.97 Å². The number of carboxylic acid groups (broad SMARTS) is 1. The Labute approximate surface area is 338 Å². The quantitative estimate of drug-likeness (QED) is 0.0658. The Hall–Kier alpha value is -6.27. The first-order valence-corrected chi connectivity index (χ1v) is 19.9. The van der Waals surface area contributed by atoms with Gasteiger partial charge >= 0.3 is 11.9 Å². The number of hydrogen-bond donors (Lipinski definition) is 4. The summed E-state index contributed by atoms with van der Waals surface area (Å²) in [6, 6.07) is 30.4. The first-order chi connectivity index (χ1) is 28.1. The maximum atomic E-state index is 13.9. The van der Waals surface area contributed by atoms with Gasteiger partial charge in [-0.2, -0.15) is 0 Å². The third-order valence-electron chi connectivity index (χ3n) is 10.8. The van der Waals surface area contributed by atoms with Crippen molar-refractivity contribution in [3.05, 3.63) is 130 Å². The summed E-state index contributed by atoms with van der Waals surface area (Å²) in [5.74, 6) is -1.95. The molecule has 1 aliphatic rings. The third-order valence-corrected chi connectivity index (χ3v) is 10.8. The van der Waals surface area contributed by atoms with Crippen molar-refractivity contribution >= 4 is 52.1 Å². The molecule has 0 radical (unpaired) electrons. The molecule has 0 spiro atoms. The molecule has 1 aliphatic carbocycles. The molecule has 1 heterocycles. The van der Waals surface area contributed by atoms with E-state index in [1.807, 2.05) is 78.9 Å². The van der Waals surface area contributed by atoms with Crippen LogP contribution in [0.1, 0.15) is 92.7 Å². The number of nitrogens with one attached hydrogen (secondary N) is 3. The molecule has 0 unspecified atom stereocenters. The first-order valence-electron chi connectivity index (χ1n) is 19.9. The maximum Gasteiger partial charge on any atom is 0.337 e. The number of carbonyl (C=O) groups is 5. The number of H-pyrrole nitrogens is 1. The zero-order chi connectivity index (χ0) is 41.0. The van der Waals surface area contributed by atoms with Gasteiger partial charge in [0.2, 0.25) is 5.91 Å². The van der Waals surface area contributed by atoms with E-state index in [1.54, 1.807) is 30.1 Å². The van der Waals surface area contributed by atoms with E-state index in [4.69, 9.17) is 9.84 Å². The molecular weight excluding hydrogens is 735 g/mol. The lowest BCUT2D eigenvalue weighted by atomic mass is 10.0. The second-order valence-electron chi connectivity index (χ2n) is 14.9. The molecule has 3 amide bonds. The highest BCUT2D eigenvalue weighted by Gasteiger charge is 2.25. The zero-order valence-corrected chi connectivity index (χ0v) is 33.1. The van der Waals surface area contributed by atoms with Crippen molar-refractivity contribution < 1.29 is 33.8 Å². The number of benzene rings is 4. The molecule has 302 valence electrons. The van der Waals surface area contributed by atoms with Gasteiger partial charge in [-0.3, -0.25) is 24.1 Å². The van der Waals surface area contributed by atoms with Crippen molar-refractivity contribution in [1.29, 1.82) is 0 Å². The van der Waals surface area contributed by atoms with Gasteiger partial charge in [0.05, 0.1) is 24.7 Å². The van der Waals surface area contributed by atoms with Crippen LogP contribution < -0.4 is 10.6 Å². The summed E-state index contributed by atoms with van der Waals surface area (Å²) >= 11 is 0. The molecule has 1 fully saturated rings. The Morgan fingerprint density at radius 3 is 2.14 bits per heavy atom. The molecule has 0 bridgehead atoms. The zero-order valence-electron chi connectivity index (χ0n) is 33.1. The van der Waals surface area contributed by atoms with E-state index in [2.05, 4.69) is 20.5 Å². The molecule has 4 N–H and O–H groups in total. The average Bonchev–Trinajstić information content (AvgIpc) is 3.91. The number of para-hydroxylation sites is 1. The van der Waals surface area contributed by atoms with Gasteiger partial charge in [-0.25, -0.2) is 4.79 Å². The van der Waals surface area contributed by atoms with Gasteiger partial charge in [0.1, 0.15) is 5.82 Å². The van der Waals surface area contributed by atoms with Crippen LogP contribution in [-0.4, -0.2) is 82.8 Å². The van der Waals surface area contributed by atoms with E-state index in [9.17, 15) is 24.0 Å². The number of rotatable bonds is 18. The molecule has 4 aromatic carbocycles. The van der Waals surface area contributed by atoms with Crippen LogP contribution in [0.4, 0.5) is 11.5 Å². The minimum atomic E-state index is -0.990. The number of amides is 3. The van der Waals surface area contributed by atoms with Crippen LogP contribution in [0.3, 0.4) is 0 Å². The monoisotopic (exact) mass is 785 g/mol. The molecule has 0 atom stereocenters. The van der Waals surface area contributed by atoms with Gasteiger partial charge in [0.25, 0.3) is 11.8 Å². The number of esters is 1. The van der Waals surface area contributed by atoms with Crippen molar-refractivity contribution in [1.82, 2.24) is 14.8 Å². The smallest absolute Gasteiger partial charge is 0.337 e. The molecule has 0 aliphatic heterocycles. The number of aromatic nitrogens is 1. The van der Waals surface area contributed by atoms with E-state index in [0.29, 0.717) is 64.8 Å². The number of aryl methyl sites for hydroxylation is 2. The Balaban J connectivity index is 1.09. The molecule has 12 nitrogen and oxygen atoms in total. The largest absolute Gasteiger partial charge is 0.481 e. The topological polar surface area (TPSA) is 161 Å². The third kappa shape index (κ3) is 11.0. The fraction of sp³-hybridized carbons (Fsp3) is 0.326. The highest BCUT2D eigenvalue weighted by molar-refractivity contribution is 6.19. The molecule has 1 aromatic heterocycles. The fourth-order valence-electron chi connectivity index (χ4n) is 7.54. The van der Waals surface area contributed by atoms with Crippen LogP contribution in [-0.2, 0) is 33.7 Å². The van der Waals surface area contributed by atoms with Gasteiger partial charge in [-0.15, -0.1) is 0 Å². The molecule has 0 saturated heterocycles. The minimum Gasteiger partial charge on any atom is -0.481 e. The van der Waals surface area contributed by atoms with Crippen LogP contribution in [0.25, 0.3) is 10.9 Å². The summed E-state index contributed by atoms with van der Waals surface area (Å²) in [5.41, 5.74) is 5.87. The summed E-state index contributed by atoms with van der Waals surface area (Å²) in [7, 11) is 3.07. The Kier molecular flexibility index (Phi) is 14.1. The Morgan fingerprint density at radius 1 is 0.759 bits per heavy atom. The van der Waals surface area contributed by atoms with Crippen LogP contribution >= 0.6 is 0 Å². The summed E-state index contributed by atoms with van der Waals surface area (Å²) in [6.07, 6.45) is 6.80. The lowest BCUT2D eigenvalue weighted by Crippen LogP contribution is -2.40. The molecule has 1 saturated carbocycles. The van der Waals surface area contributed by atoms with Crippen LogP contribution in [0, 0.1) is 0 Å². The van der Waals surface area contributed by atoms with Crippen molar-refractivity contribution in [3.8, 4) is 0 Å². The maximum absolute atomic E-state index is 13.9. The van der Waals surface area contributed by atoms with Crippen LogP contribution in [0.15, 0.2) is 97.1 Å². The van der Waals surface area contributed by atoms with Gasteiger partial charge in [0, 0.05) is 61.3 Å². The number of anilines is 2. The molecule has 12 heteroatoms. The van der Waals surface area contributed by atoms with Crippen molar-refractivity contribution in [2.75, 3.05) is 37.9 Å². The number of carbonyl (C=O) groups excluding carboxylic acids is 4. The van der Waals surface area contributed by atoms with Crippen molar-refractivity contribution in [2.45, 2.75) is 70.4 Å². The highest BCUT2D eigenvalue weighted by Crippen LogP contribution is 2.29. The summed E-state index contributed by atoms with van der Waals surface area (Å²) < 4.78 is 4.77. The summed E-state index contributed by atoms with van der Waals surface area (Å²) in [4.78, 5) is 70.0. The predicted octanol–water partition coefficient (Wildman–Crippen LogP) is 7.70. The van der Waals surface area contributed by atoms with Gasteiger partial charge in [-0.1, -0.05) is 67.4 Å². The molecule has 5 aromatic rings. The minimum absolute atomic E-state index is 0.0279. The number of fused-ring (bicyclic) bond motifs is 1. The van der Waals surface area contributed by atoms with E-state index in [-0.39, 0.29) is 36.5 Å². The molecule has 6 rings (SSSR count). The number of methoxy groups -OCH3 is 1. The van der Waals surface area contributed by atoms with Gasteiger partial charge in [-0.05, 0) is 91.3 Å². The van der Waals surface area contributed by atoms with Crippen LogP contribution in [0.5, 0.6) is 0 Å². The van der Waals surface area contributed by atoms with E-state index >= 15 is 0 Å². The summed E-state index contributed by atoms with van der Waals surface area (Å²) in [5, 5.41) is 15.6. The SMILES string of the molecule is COC(=O)c1ccc(CCCc2ccc(NC(=O)c3c(NC(=O)c4cccc(CN(CCN(C)C(=O)CCC(=O)O)C5CCCC5)c4)[nH]c4ccccc34)cc2)cc1. The summed E-state index contributed by atoms with van der Waals surface area (Å²) in [6.45, 7) is 1.69. The van der Waals surface area contributed by atoms with E-state index in [1.165, 1.54) is 7.11 Å². The number of aliphatic carboxylic acids is 1. The lowest BCUT2D eigenvalue weighted by molar-refractivity contribution is -0.140.